The lowest BCUT2D eigenvalue weighted by Gasteiger charge is -2.03. The van der Waals surface area contributed by atoms with Crippen LogP contribution >= 0.6 is 0 Å². The number of hydrogen-bond donors (Lipinski definition) is 0. The Balaban J connectivity index is -0.000000374. The van der Waals surface area contributed by atoms with Crippen molar-refractivity contribution < 1.29 is 0 Å². The van der Waals surface area contributed by atoms with Gasteiger partial charge in [0.25, 0.3) is 0 Å². The predicted octanol–water partition coefficient (Wildman–Crippen LogP) is 9.51. The van der Waals surface area contributed by atoms with Crippen molar-refractivity contribution in [2.45, 2.75) is 125 Å². The van der Waals surface area contributed by atoms with E-state index in [4.69, 9.17) is 0 Å². The first kappa shape index (κ1) is 28.3. The molecule has 0 amide bonds. The Kier molecular flexibility index (Phi) is 35.8. The van der Waals surface area contributed by atoms with Crippen LogP contribution in [0.4, 0.5) is 0 Å². The van der Waals surface area contributed by atoms with E-state index in [0.29, 0.717) is 0 Å². The van der Waals surface area contributed by atoms with Crippen LogP contribution in [0.2, 0.25) is 0 Å². The zero-order chi connectivity index (χ0) is 18.9. The van der Waals surface area contributed by atoms with Crippen molar-refractivity contribution in [1.82, 2.24) is 0 Å². The highest BCUT2D eigenvalue weighted by atomic mass is 14.0. The second kappa shape index (κ2) is 30.4. The Morgan fingerprint density at radius 1 is 0.708 bits per heavy atom. The molecule has 0 aliphatic carbocycles. The minimum atomic E-state index is 0.793. The third-order valence-electron chi connectivity index (χ3n) is 3.96. The maximum atomic E-state index is 3.66. The summed E-state index contributed by atoms with van der Waals surface area (Å²) >= 11 is 0. The van der Waals surface area contributed by atoms with Crippen molar-refractivity contribution in [3.8, 4) is 0 Å². The Bertz CT molecular complexity index is 214. The molecule has 0 rings (SSSR count). The summed E-state index contributed by atoms with van der Waals surface area (Å²) in [7, 11) is 0. The standard InChI is InChI=1S/C14H28.C8H16.C2H6/c1-4-6-8-9-10-11-13-14(3)12-7-5-2;1-3-5-7-8-6-4-2;1-2/h11,13-14H,4-10,12H2,1-3H3;3H,1,4-8H2,2H3;1-2H3. The molecule has 0 aliphatic rings. The molecule has 0 radical (unpaired) electrons. The van der Waals surface area contributed by atoms with Gasteiger partial charge in [0, 0.05) is 0 Å². The fourth-order valence-corrected chi connectivity index (χ4v) is 2.36. The van der Waals surface area contributed by atoms with E-state index >= 15 is 0 Å². The smallest absolute Gasteiger partial charge is 0.0262 e. The first-order chi connectivity index (χ1) is 11.7. The van der Waals surface area contributed by atoms with E-state index < -0.39 is 0 Å². The molecule has 0 aliphatic heterocycles. The van der Waals surface area contributed by atoms with Crippen molar-refractivity contribution in [3.05, 3.63) is 24.8 Å². The summed E-state index contributed by atoms with van der Waals surface area (Å²) in [6.45, 7) is 16.8. The van der Waals surface area contributed by atoms with Gasteiger partial charge in [0.1, 0.15) is 0 Å². The fraction of sp³-hybridized carbons (Fsp3) is 0.833. The van der Waals surface area contributed by atoms with Crippen molar-refractivity contribution in [3.63, 3.8) is 0 Å². The molecular formula is C24H50. The quantitative estimate of drug-likeness (QED) is 0.218. The lowest BCUT2D eigenvalue weighted by atomic mass is 10.0. The van der Waals surface area contributed by atoms with Crippen LogP contribution in [0.15, 0.2) is 24.8 Å². The zero-order valence-electron chi connectivity index (χ0n) is 18.2. The molecule has 0 nitrogen and oxygen atoms in total. The van der Waals surface area contributed by atoms with Crippen LogP contribution in [-0.2, 0) is 0 Å². The molecule has 0 aromatic heterocycles. The van der Waals surface area contributed by atoms with Crippen LogP contribution < -0.4 is 0 Å². The van der Waals surface area contributed by atoms with Gasteiger partial charge in [-0.2, -0.15) is 0 Å². The van der Waals surface area contributed by atoms with Gasteiger partial charge in [-0.15, -0.1) is 6.58 Å². The highest BCUT2D eigenvalue weighted by molar-refractivity contribution is 4.86. The number of rotatable bonds is 14. The molecule has 1 atom stereocenters. The van der Waals surface area contributed by atoms with Crippen LogP contribution in [0.5, 0.6) is 0 Å². The summed E-state index contributed by atoms with van der Waals surface area (Å²) in [4.78, 5) is 0. The molecule has 0 spiro atoms. The molecule has 146 valence electrons. The Morgan fingerprint density at radius 3 is 1.67 bits per heavy atom. The SMILES string of the molecule is C=CCCCCCC.CC.CCCCCCC=CC(C)CCCC. The van der Waals surface area contributed by atoms with Crippen LogP contribution in [0, 0.1) is 5.92 Å². The molecule has 0 bridgehead atoms. The summed E-state index contributed by atoms with van der Waals surface area (Å²) in [5.74, 6) is 0.793. The average molecular weight is 339 g/mol. The van der Waals surface area contributed by atoms with E-state index in [1.165, 1.54) is 83.5 Å². The minimum Gasteiger partial charge on any atom is -0.103 e. The maximum Gasteiger partial charge on any atom is -0.0262 e. The van der Waals surface area contributed by atoms with E-state index in [1.54, 1.807) is 0 Å². The second-order valence-electron chi connectivity index (χ2n) is 6.54. The summed E-state index contributed by atoms with van der Waals surface area (Å²) in [6, 6.07) is 0. The van der Waals surface area contributed by atoms with Crippen LogP contribution in [0.1, 0.15) is 125 Å². The highest BCUT2D eigenvalue weighted by Gasteiger charge is 1.94. The van der Waals surface area contributed by atoms with Gasteiger partial charge in [0.05, 0.1) is 0 Å². The van der Waals surface area contributed by atoms with Crippen LogP contribution in [0.3, 0.4) is 0 Å². The van der Waals surface area contributed by atoms with Crippen molar-refractivity contribution in [1.29, 1.82) is 0 Å². The van der Waals surface area contributed by atoms with Crippen molar-refractivity contribution in [2.75, 3.05) is 0 Å². The Morgan fingerprint density at radius 2 is 1.21 bits per heavy atom. The largest absolute Gasteiger partial charge is 0.103 e. The van der Waals surface area contributed by atoms with E-state index in [1.807, 2.05) is 19.9 Å². The molecule has 0 fully saturated rings. The molecule has 1 unspecified atom stereocenters. The third kappa shape index (κ3) is 33.2. The van der Waals surface area contributed by atoms with Crippen LogP contribution in [0.25, 0.3) is 0 Å². The molecule has 0 N–H and O–H groups in total. The molecule has 0 saturated heterocycles. The second-order valence-corrected chi connectivity index (χ2v) is 6.54. The molecule has 0 heteroatoms. The number of unbranched alkanes of at least 4 members (excludes halogenated alkanes) is 9. The summed E-state index contributed by atoms with van der Waals surface area (Å²) in [5.41, 5.74) is 0. The number of hydrogen-bond acceptors (Lipinski definition) is 0. The highest BCUT2D eigenvalue weighted by Crippen LogP contribution is 2.10. The Hall–Kier alpha value is -0.520. The zero-order valence-corrected chi connectivity index (χ0v) is 18.2. The molecule has 24 heavy (non-hydrogen) atoms. The van der Waals surface area contributed by atoms with Gasteiger partial charge in [-0.3, -0.25) is 0 Å². The molecular weight excluding hydrogens is 288 g/mol. The molecule has 0 aromatic carbocycles. The topological polar surface area (TPSA) is 0 Å². The van der Waals surface area contributed by atoms with E-state index in [2.05, 4.69) is 46.4 Å². The third-order valence-corrected chi connectivity index (χ3v) is 3.96. The first-order valence-corrected chi connectivity index (χ1v) is 11.0. The van der Waals surface area contributed by atoms with E-state index in [0.717, 1.165) is 5.92 Å². The van der Waals surface area contributed by atoms with E-state index in [9.17, 15) is 0 Å². The van der Waals surface area contributed by atoms with Crippen molar-refractivity contribution in [2.24, 2.45) is 5.92 Å². The maximum absolute atomic E-state index is 3.66. The summed E-state index contributed by atoms with van der Waals surface area (Å²) in [5, 5.41) is 0. The minimum absolute atomic E-state index is 0.793. The predicted molar refractivity (Wildman–Crippen MR) is 117 cm³/mol. The van der Waals surface area contributed by atoms with Gasteiger partial charge in [-0.05, 0) is 38.0 Å². The van der Waals surface area contributed by atoms with E-state index in [-0.39, 0.29) is 0 Å². The summed E-state index contributed by atoms with van der Waals surface area (Å²) < 4.78 is 0. The fourth-order valence-electron chi connectivity index (χ4n) is 2.36. The molecule has 0 heterocycles. The van der Waals surface area contributed by atoms with Crippen molar-refractivity contribution >= 4 is 0 Å². The monoisotopic (exact) mass is 338 g/mol. The van der Waals surface area contributed by atoms with Gasteiger partial charge in [-0.1, -0.05) is 111 Å². The lowest BCUT2D eigenvalue weighted by Crippen LogP contribution is -1.88. The van der Waals surface area contributed by atoms with Gasteiger partial charge in [0.2, 0.25) is 0 Å². The molecule has 0 aromatic rings. The van der Waals surface area contributed by atoms with Gasteiger partial charge < -0.3 is 0 Å². The first-order valence-electron chi connectivity index (χ1n) is 11.0. The van der Waals surface area contributed by atoms with Gasteiger partial charge in [0.15, 0.2) is 0 Å². The van der Waals surface area contributed by atoms with Gasteiger partial charge >= 0.3 is 0 Å². The average Bonchev–Trinajstić information content (AvgIpc) is 2.62. The van der Waals surface area contributed by atoms with Crippen LogP contribution in [-0.4, -0.2) is 0 Å². The summed E-state index contributed by atoms with van der Waals surface area (Å²) in [6.07, 6.45) is 24.3. The lowest BCUT2D eigenvalue weighted by molar-refractivity contribution is 0.595. The normalized spacial score (nSPS) is 11.2. The Labute approximate surface area is 156 Å². The molecule has 0 saturated carbocycles. The number of allylic oxidation sites excluding steroid dienone is 3. The van der Waals surface area contributed by atoms with Gasteiger partial charge in [-0.25, -0.2) is 0 Å².